The lowest BCUT2D eigenvalue weighted by atomic mass is 10.2. The molecule has 0 saturated heterocycles. The topological polar surface area (TPSA) is 71.8 Å². The van der Waals surface area contributed by atoms with Crippen molar-refractivity contribution in [3.63, 3.8) is 0 Å². The Kier molecular flexibility index (Phi) is 6.95. The zero-order valence-electron chi connectivity index (χ0n) is 15.8. The second-order valence-corrected chi connectivity index (χ2v) is 7.53. The lowest BCUT2D eigenvalue weighted by Gasteiger charge is -2.10. The molecule has 2 aromatic carbocycles. The van der Waals surface area contributed by atoms with Crippen molar-refractivity contribution in [1.82, 2.24) is 14.8 Å². The summed E-state index contributed by atoms with van der Waals surface area (Å²) in [5.41, 5.74) is 2.86. The molecule has 8 heteroatoms. The number of hydrogen-bond acceptors (Lipinski definition) is 5. The third-order valence-corrected chi connectivity index (χ3v) is 5.39. The van der Waals surface area contributed by atoms with Crippen LogP contribution >= 0.6 is 23.4 Å². The van der Waals surface area contributed by atoms with Gasteiger partial charge >= 0.3 is 0 Å². The molecule has 3 rings (SSSR count). The van der Waals surface area contributed by atoms with E-state index in [2.05, 4.69) is 39.9 Å². The highest BCUT2D eigenvalue weighted by molar-refractivity contribution is 7.99. The van der Waals surface area contributed by atoms with Gasteiger partial charge < -0.3 is 15.2 Å². The van der Waals surface area contributed by atoms with Crippen molar-refractivity contribution < 1.29 is 4.79 Å². The Morgan fingerprint density at radius 3 is 2.61 bits per heavy atom. The fraction of sp³-hybridized carbons (Fsp3) is 0.250. The van der Waals surface area contributed by atoms with E-state index in [0.717, 1.165) is 23.2 Å². The molecule has 0 fully saturated rings. The Morgan fingerprint density at radius 2 is 1.89 bits per heavy atom. The number of nitrogens with one attached hydrogen (secondary N) is 2. The average molecular weight is 416 g/mol. The van der Waals surface area contributed by atoms with Crippen LogP contribution in [0.3, 0.4) is 0 Å². The molecule has 3 aromatic rings. The van der Waals surface area contributed by atoms with Crippen molar-refractivity contribution in [2.75, 3.05) is 16.4 Å². The number of para-hydroxylation sites is 1. The van der Waals surface area contributed by atoms with Gasteiger partial charge in [0.15, 0.2) is 11.0 Å². The lowest BCUT2D eigenvalue weighted by Crippen LogP contribution is -2.15. The predicted molar refractivity (Wildman–Crippen MR) is 115 cm³/mol. The summed E-state index contributed by atoms with van der Waals surface area (Å²) in [6.07, 6.45) is 0. The first kappa shape index (κ1) is 20.2. The molecule has 6 nitrogen and oxygen atoms in total. The normalized spacial score (nSPS) is 10.7. The largest absolute Gasteiger partial charge is 0.378 e. The van der Waals surface area contributed by atoms with Crippen LogP contribution in [0.4, 0.5) is 11.4 Å². The van der Waals surface area contributed by atoms with Crippen LogP contribution in [0.5, 0.6) is 0 Å². The van der Waals surface area contributed by atoms with Gasteiger partial charge in [0.05, 0.1) is 23.0 Å². The van der Waals surface area contributed by atoms with Gasteiger partial charge in [-0.2, -0.15) is 0 Å². The van der Waals surface area contributed by atoms with Gasteiger partial charge in [-0.1, -0.05) is 53.2 Å². The maximum absolute atomic E-state index is 12.2. The molecule has 0 unspecified atom stereocenters. The molecular formula is C20H22ClN5OS. The molecule has 1 heterocycles. The Labute approximate surface area is 173 Å². The first-order valence-corrected chi connectivity index (χ1v) is 10.3. The summed E-state index contributed by atoms with van der Waals surface area (Å²) in [5.74, 6) is 0.926. The molecule has 1 amide bonds. The van der Waals surface area contributed by atoms with Crippen LogP contribution in [-0.4, -0.2) is 26.4 Å². The van der Waals surface area contributed by atoms with E-state index in [1.54, 1.807) is 12.1 Å². The Balaban J connectivity index is 1.58. The number of carbonyl (C=O) groups is 1. The van der Waals surface area contributed by atoms with Crippen LogP contribution in [0.2, 0.25) is 5.02 Å². The highest BCUT2D eigenvalue weighted by Crippen LogP contribution is 2.22. The number of nitrogens with zero attached hydrogens (tertiary/aromatic N) is 3. The SMILES string of the molecule is CCn1c(CNc2ccc(C)cc2)nnc1SCC(=O)Nc1ccccc1Cl. The van der Waals surface area contributed by atoms with E-state index in [-0.39, 0.29) is 11.7 Å². The van der Waals surface area contributed by atoms with Crippen molar-refractivity contribution >= 4 is 40.6 Å². The third kappa shape index (κ3) is 5.27. The average Bonchev–Trinajstić information content (AvgIpc) is 3.09. The number of rotatable bonds is 8. The number of benzene rings is 2. The molecule has 2 N–H and O–H groups in total. The molecule has 0 aliphatic rings. The van der Waals surface area contributed by atoms with Crippen molar-refractivity contribution in [3.05, 3.63) is 64.9 Å². The first-order valence-electron chi connectivity index (χ1n) is 8.96. The van der Waals surface area contributed by atoms with Crippen molar-refractivity contribution in [2.45, 2.75) is 32.1 Å². The summed E-state index contributed by atoms with van der Waals surface area (Å²) in [6.45, 7) is 5.39. The highest BCUT2D eigenvalue weighted by atomic mass is 35.5. The van der Waals surface area contributed by atoms with Gasteiger partial charge in [-0.05, 0) is 38.1 Å². The molecule has 0 saturated carbocycles. The summed E-state index contributed by atoms with van der Waals surface area (Å²) < 4.78 is 2.01. The predicted octanol–water partition coefficient (Wildman–Crippen LogP) is 4.60. The van der Waals surface area contributed by atoms with Crippen molar-refractivity contribution in [3.8, 4) is 0 Å². The molecule has 1 aromatic heterocycles. The molecule has 28 heavy (non-hydrogen) atoms. The van der Waals surface area contributed by atoms with Gasteiger partial charge in [-0.15, -0.1) is 10.2 Å². The summed E-state index contributed by atoms with van der Waals surface area (Å²) in [7, 11) is 0. The number of carbonyl (C=O) groups excluding carboxylic acids is 1. The van der Waals surface area contributed by atoms with E-state index in [1.807, 2.05) is 35.8 Å². The quantitative estimate of drug-likeness (QED) is 0.526. The fourth-order valence-corrected chi connectivity index (χ4v) is 3.61. The molecule has 0 spiro atoms. The monoisotopic (exact) mass is 415 g/mol. The second-order valence-electron chi connectivity index (χ2n) is 6.18. The van der Waals surface area contributed by atoms with Gasteiger partial charge in [-0.25, -0.2) is 0 Å². The van der Waals surface area contributed by atoms with Crippen molar-refractivity contribution in [2.24, 2.45) is 0 Å². The maximum atomic E-state index is 12.2. The van der Waals surface area contributed by atoms with E-state index in [0.29, 0.717) is 17.3 Å². The van der Waals surface area contributed by atoms with Crippen LogP contribution in [0, 0.1) is 6.92 Å². The number of aryl methyl sites for hydroxylation is 1. The van der Waals surface area contributed by atoms with E-state index >= 15 is 0 Å². The minimum atomic E-state index is -0.136. The molecule has 0 aliphatic carbocycles. The zero-order chi connectivity index (χ0) is 19.9. The Morgan fingerprint density at radius 1 is 1.14 bits per heavy atom. The number of halogens is 1. The smallest absolute Gasteiger partial charge is 0.234 e. The Bertz CT molecular complexity index is 942. The second kappa shape index (κ2) is 9.61. The number of hydrogen-bond donors (Lipinski definition) is 2. The molecule has 0 aliphatic heterocycles. The van der Waals surface area contributed by atoms with Crippen LogP contribution in [0.1, 0.15) is 18.3 Å². The third-order valence-electron chi connectivity index (χ3n) is 4.09. The van der Waals surface area contributed by atoms with E-state index in [1.165, 1.54) is 17.3 Å². The maximum Gasteiger partial charge on any atom is 0.234 e. The minimum Gasteiger partial charge on any atom is -0.378 e. The standard InChI is InChI=1S/C20H22ClN5OS/c1-3-26-18(12-22-15-10-8-14(2)9-11-15)24-25-20(26)28-13-19(27)23-17-7-5-4-6-16(17)21/h4-11,22H,3,12-13H2,1-2H3,(H,23,27). The molecule has 146 valence electrons. The van der Waals surface area contributed by atoms with Gasteiger partial charge in [0.25, 0.3) is 0 Å². The van der Waals surface area contributed by atoms with Crippen LogP contribution < -0.4 is 10.6 Å². The van der Waals surface area contributed by atoms with Gasteiger partial charge in [0, 0.05) is 12.2 Å². The van der Waals surface area contributed by atoms with Crippen LogP contribution in [-0.2, 0) is 17.9 Å². The van der Waals surface area contributed by atoms with Crippen molar-refractivity contribution in [1.29, 1.82) is 0 Å². The minimum absolute atomic E-state index is 0.136. The number of aromatic nitrogens is 3. The molecule has 0 radical (unpaired) electrons. The fourth-order valence-electron chi connectivity index (χ4n) is 2.61. The van der Waals surface area contributed by atoms with Crippen LogP contribution in [0.15, 0.2) is 53.7 Å². The molecule has 0 atom stereocenters. The van der Waals surface area contributed by atoms with E-state index in [9.17, 15) is 4.79 Å². The number of anilines is 2. The lowest BCUT2D eigenvalue weighted by molar-refractivity contribution is -0.113. The summed E-state index contributed by atoms with van der Waals surface area (Å²) >= 11 is 7.43. The van der Waals surface area contributed by atoms with Crippen LogP contribution in [0.25, 0.3) is 0 Å². The summed E-state index contributed by atoms with van der Waals surface area (Å²) in [5, 5.41) is 15.9. The van der Waals surface area contributed by atoms with Gasteiger partial charge in [0.1, 0.15) is 0 Å². The first-order chi connectivity index (χ1) is 13.6. The molecule has 0 bridgehead atoms. The molecular weight excluding hydrogens is 394 g/mol. The van der Waals surface area contributed by atoms with Gasteiger partial charge in [0.2, 0.25) is 5.91 Å². The zero-order valence-corrected chi connectivity index (χ0v) is 17.3. The summed E-state index contributed by atoms with van der Waals surface area (Å²) in [6, 6.07) is 15.4. The van der Waals surface area contributed by atoms with E-state index in [4.69, 9.17) is 11.6 Å². The Hall–Kier alpha value is -2.51. The highest BCUT2D eigenvalue weighted by Gasteiger charge is 2.13. The number of thioether (sulfide) groups is 1. The number of amides is 1. The van der Waals surface area contributed by atoms with Gasteiger partial charge in [-0.3, -0.25) is 4.79 Å². The summed E-state index contributed by atoms with van der Waals surface area (Å²) in [4.78, 5) is 12.2. The van der Waals surface area contributed by atoms with E-state index < -0.39 is 0 Å².